The molecule has 512 valence electrons. The van der Waals surface area contributed by atoms with E-state index in [-0.39, 0.29) is 58.1 Å². The molecule has 12 rings (SSSR count). The zero-order valence-electron chi connectivity index (χ0n) is 55.6. The fourth-order valence-electron chi connectivity index (χ4n) is 13.9. The standard InChI is InChI=1S/C20H23NO4.C15H15NO2S.C14H23NO.C11H16N2O3.C8H9NO2.C6H5NO2/c22-13-4-3-12-9-15-20(24)6-5-14(23)18-19(20,16(12)17(13)25-18)7-8-21(15)10-11-1-2-11;16-14(17)11-19(18)15(12-7-3-1-4-8-12)13-9-5-2-6-10-13;1-5-14(11(2)10-15(3)4)12-7-6-8-13(16)9-12;1-4-5-11(6-7(2)3)8(14)12-10(16)13-9(11)15;1-6(10)9-7-2-4-8(11)5-3-7;8-6(9)5-2-1-3-7-4-5/h3-4,11,15,18,22,24H,1-2,5-10H2;1-10,15H,11H2,(H2,16,17);6-9,11,14,16H,5,10H2,1-4H3;4,7H,1,5-6H2,2-3H3,(H2,12,13,14,15,16);2-5,11H,1H3,(H,9,10);1-4H,(H,8,9)/t15-,18+,19+,20-;;11-,14+;;;/m1.0.../s1. The minimum atomic E-state index is -1.36. The average Bonchev–Trinajstić information content (AvgIpc) is 1.42. The minimum Gasteiger partial charge on any atom is -0.615 e. The molecule has 1 unspecified atom stereocenters. The predicted molar refractivity (Wildman–Crippen MR) is 368 cm³/mol. The maximum atomic E-state index is 12.7. The molecule has 4 fully saturated rings. The molecular weight excluding hydrogens is 1240 g/mol. The number of hydrogen-bond acceptors (Lipinski definition) is 16. The lowest BCUT2D eigenvalue weighted by Crippen LogP contribution is -2.76. The maximum absolute atomic E-state index is 12.7. The zero-order chi connectivity index (χ0) is 70.1. The number of rotatable bonds is 18. The van der Waals surface area contributed by atoms with Crippen LogP contribution in [0.3, 0.4) is 0 Å². The van der Waals surface area contributed by atoms with Crippen molar-refractivity contribution in [3.8, 4) is 23.0 Å². The third-order valence-corrected chi connectivity index (χ3v) is 19.7. The van der Waals surface area contributed by atoms with E-state index in [9.17, 15) is 53.4 Å². The number of likely N-dealkylation sites (tertiary alicyclic amines) is 1. The molecule has 6 aliphatic rings. The average molecular weight is 1330 g/mol. The van der Waals surface area contributed by atoms with Crippen LogP contribution in [0.15, 0.2) is 159 Å². The number of benzene rings is 5. The van der Waals surface area contributed by atoms with E-state index in [1.165, 1.54) is 62.0 Å². The number of primary amides is 1. The van der Waals surface area contributed by atoms with Gasteiger partial charge in [0.25, 0.3) is 5.91 Å². The first-order valence-electron chi connectivity index (χ1n) is 32.4. The second-order valence-electron chi connectivity index (χ2n) is 25.9. The van der Waals surface area contributed by atoms with Gasteiger partial charge in [-0.25, -0.2) is 9.59 Å². The molecule has 3 aliphatic heterocycles. The number of allylic oxidation sites excluding steroid dienone is 1. The molecule has 0 radical (unpaired) electrons. The molecule has 2 bridgehead atoms. The molecule has 96 heavy (non-hydrogen) atoms. The number of carbonyl (C=O) groups excluding carboxylic acids is 6. The monoisotopic (exact) mass is 1330 g/mol. The highest BCUT2D eigenvalue weighted by atomic mass is 32.2. The van der Waals surface area contributed by atoms with Crippen LogP contribution in [-0.2, 0) is 47.0 Å². The fraction of sp³-hybridized carbons (Fsp3) is 0.405. The van der Waals surface area contributed by atoms with E-state index in [2.05, 4.69) is 71.3 Å². The molecule has 22 heteroatoms. The number of hydrogen-bond donors (Lipinski definition) is 9. The Bertz CT molecular complexity index is 3590. The smallest absolute Gasteiger partial charge is 0.337 e. The molecular formula is C74H91N7O14S. The van der Waals surface area contributed by atoms with E-state index in [0.717, 1.165) is 67.1 Å². The van der Waals surface area contributed by atoms with Crippen molar-refractivity contribution in [3.63, 3.8) is 0 Å². The Morgan fingerprint density at radius 3 is 1.99 bits per heavy atom. The summed E-state index contributed by atoms with van der Waals surface area (Å²) >= 11 is -1.36. The first kappa shape index (κ1) is 74.5. The molecule has 1 aromatic heterocycles. The number of aliphatic hydroxyl groups is 1. The minimum absolute atomic E-state index is 0.0454. The van der Waals surface area contributed by atoms with Crippen molar-refractivity contribution in [1.82, 2.24) is 25.4 Å². The van der Waals surface area contributed by atoms with Gasteiger partial charge in [0.15, 0.2) is 34.4 Å². The Morgan fingerprint density at radius 1 is 0.854 bits per heavy atom. The number of ether oxygens (including phenoxy) is 1. The van der Waals surface area contributed by atoms with Crippen LogP contribution in [0, 0.1) is 23.2 Å². The van der Waals surface area contributed by atoms with Gasteiger partial charge in [-0.1, -0.05) is 113 Å². The number of phenolic OH excluding ortho intramolecular Hbond substituents is 3. The van der Waals surface area contributed by atoms with Crippen LogP contribution >= 0.6 is 0 Å². The summed E-state index contributed by atoms with van der Waals surface area (Å²) < 4.78 is 18.4. The van der Waals surface area contributed by atoms with Crippen LogP contribution < -0.4 is 26.4 Å². The van der Waals surface area contributed by atoms with E-state index in [1.807, 2.05) is 92.7 Å². The third kappa shape index (κ3) is 18.3. The summed E-state index contributed by atoms with van der Waals surface area (Å²) in [4.78, 5) is 87.3. The molecule has 2 saturated carbocycles. The van der Waals surface area contributed by atoms with Crippen LogP contribution in [0.5, 0.6) is 23.0 Å². The van der Waals surface area contributed by atoms with Gasteiger partial charge in [-0.15, -0.1) is 6.58 Å². The maximum Gasteiger partial charge on any atom is 0.337 e. The second-order valence-corrected chi connectivity index (χ2v) is 27.5. The number of phenols is 3. The van der Waals surface area contributed by atoms with Crippen LogP contribution in [0.25, 0.3) is 0 Å². The number of imide groups is 2. The van der Waals surface area contributed by atoms with Crippen molar-refractivity contribution in [1.29, 1.82) is 0 Å². The lowest BCUT2D eigenvalue weighted by molar-refractivity contribution is -0.188. The molecule has 3 aliphatic carbocycles. The topological polar surface area (TPSA) is 334 Å². The molecule has 2 saturated heterocycles. The number of carboxylic acids is 1. The molecule has 6 aromatic rings. The van der Waals surface area contributed by atoms with Gasteiger partial charge in [0, 0.05) is 67.2 Å². The number of aromatic carboxylic acids is 1. The van der Waals surface area contributed by atoms with Crippen LogP contribution in [0.1, 0.15) is 135 Å². The van der Waals surface area contributed by atoms with E-state index in [0.29, 0.717) is 48.3 Å². The Morgan fingerprint density at radius 2 is 1.48 bits per heavy atom. The molecule has 7 atom stereocenters. The van der Waals surface area contributed by atoms with Crippen molar-refractivity contribution >= 4 is 58.3 Å². The fourth-order valence-corrected chi connectivity index (χ4v) is 15.2. The largest absolute Gasteiger partial charge is 0.615 e. The number of barbiturate groups is 1. The number of ketones is 1. The second kappa shape index (κ2) is 33.6. The zero-order valence-corrected chi connectivity index (χ0v) is 56.4. The van der Waals surface area contributed by atoms with Gasteiger partial charge in [-0.05, 0) is 173 Å². The van der Waals surface area contributed by atoms with Crippen molar-refractivity contribution < 1.29 is 68.4 Å². The summed E-state index contributed by atoms with van der Waals surface area (Å²) in [5.41, 5.74) is 8.42. The van der Waals surface area contributed by atoms with Gasteiger partial charge in [-0.3, -0.25) is 44.5 Å². The summed E-state index contributed by atoms with van der Waals surface area (Å²) in [5, 5.41) is 55.6. The SMILES string of the molecule is C=CCC1(CC(C)C)C(=O)NC(=O)NC1=O.CC(=O)Nc1ccc(O)cc1.CC[C@@H](c1cccc(O)c1)[C@@H](C)CN(C)C.NC(=O)C[S+]([O-])C(c1ccccc1)c1ccccc1.O=C(O)c1cccnc1.O=C1CC[C@@]2(O)[C@H]3Cc4ccc(O)c5c4[C@@]2(CCN3CC2CC2)[C@H]1O5. The molecule has 5 aromatic carbocycles. The first-order valence-corrected chi connectivity index (χ1v) is 33.7. The number of anilines is 1. The van der Waals surface area contributed by atoms with Crippen LogP contribution in [0.4, 0.5) is 10.5 Å². The summed E-state index contributed by atoms with van der Waals surface area (Å²) in [5.74, 6) is 0.445. The molecule has 10 N–H and O–H groups in total. The number of carbonyl (C=O) groups is 7. The first-order chi connectivity index (χ1) is 45.7. The summed E-state index contributed by atoms with van der Waals surface area (Å²) in [6, 6.07) is 39.0. The number of aromatic hydroxyl groups is 3. The lowest BCUT2D eigenvalue weighted by atomic mass is 9.49. The third-order valence-electron chi connectivity index (χ3n) is 18.1. The number of carboxylic acid groups (broad SMARTS) is 1. The van der Waals surface area contributed by atoms with Gasteiger partial charge >= 0.3 is 12.0 Å². The highest BCUT2D eigenvalue weighted by molar-refractivity contribution is 7.92. The van der Waals surface area contributed by atoms with Gasteiger partial charge < -0.3 is 50.8 Å². The number of nitrogens with one attached hydrogen (secondary N) is 3. The Labute approximate surface area is 564 Å². The number of aromatic nitrogens is 1. The summed E-state index contributed by atoms with van der Waals surface area (Å²) in [6.45, 7) is 16.3. The van der Waals surface area contributed by atoms with Crippen molar-refractivity contribution in [3.05, 3.63) is 192 Å². The van der Waals surface area contributed by atoms with E-state index in [1.54, 1.807) is 30.3 Å². The summed E-state index contributed by atoms with van der Waals surface area (Å²) in [6.07, 6.45) is 10.4. The number of nitrogens with two attached hydrogens (primary N) is 1. The number of piperidine rings is 1. The van der Waals surface area contributed by atoms with Crippen molar-refractivity contribution in [2.75, 3.05) is 44.8 Å². The number of urea groups is 1. The van der Waals surface area contributed by atoms with Gasteiger partial charge in [-0.2, -0.15) is 0 Å². The van der Waals surface area contributed by atoms with Gasteiger partial charge in [0.2, 0.25) is 17.7 Å². The Kier molecular flexibility index (Phi) is 26.1. The normalized spacial score (nSPS) is 20.8. The number of Topliss-reactive ketones (excluding diaryl/α,β-unsaturated/α-hetero) is 1. The number of pyridine rings is 1. The quantitative estimate of drug-likeness (QED) is 0.0167. The van der Waals surface area contributed by atoms with E-state index in [4.69, 9.17) is 20.7 Å². The van der Waals surface area contributed by atoms with Crippen LogP contribution in [-0.4, -0.2) is 144 Å². The van der Waals surface area contributed by atoms with Crippen LogP contribution in [0.2, 0.25) is 0 Å². The van der Waals surface area contributed by atoms with Crippen molar-refractivity contribution in [2.45, 2.75) is 127 Å². The molecule has 4 heterocycles. The highest BCUT2D eigenvalue weighted by Crippen LogP contribution is 2.65. The number of nitrogens with zero attached hydrogens (tertiary/aromatic N) is 3. The summed E-state index contributed by atoms with van der Waals surface area (Å²) in [7, 11) is 4.21. The molecule has 6 amide bonds. The lowest BCUT2D eigenvalue weighted by Gasteiger charge is -2.62. The van der Waals surface area contributed by atoms with E-state index < -0.39 is 63.4 Å². The van der Waals surface area contributed by atoms with E-state index >= 15 is 0 Å². The molecule has 21 nitrogen and oxygen atoms in total. The van der Waals surface area contributed by atoms with Gasteiger partial charge in [0.05, 0.1) is 16.6 Å². The molecule has 1 spiro atoms. The van der Waals surface area contributed by atoms with Gasteiger partial charge in [0.1, 0.15) is 16.9 Å². The Balaban J connectivity index is 0.000000168. The highest BCUT2D eigenvalue weighted by Gasteiger charge is 2.73. The number of amides is 6. The van der Waals surface area contributed by atoms with Crippen molar-refractivity contribution in [2.24, 2.45) is 28.9 Å². The Hall–Kier alpha value is -8.93. The predicted octanol–water partition coefficient (Wildman–Crippen LogP) is 9.71.